The SMILES string of the molecule is C=C(c1ccc(OC)c(C(N)=O)c1)c1cccnc1N. The third kappa shape index (κ3) is 2.47. The third-order valence-corrected chi connectivity index (χ3v) is 2.98. The van der Waals surface area contributed by atoms with E-state index >= 15 is 0 Å². The van der Waals surface area contributed by atoms with E-state index in [0.29, 0.717) is 28.3 Å². The summed E-state index contributed by atoms with van der Waals surface area (Å²) in [7, 11) is 1.48. The van der Waals surface area contributed by atoms with Gasteiger partial charge in [-0.2, -0.15) is 0 Å². The molecule has 1 heterocycles. The number of methoxy groups -OCH3 is 1. The Kier molecular flexibility index (Phi) is 3.70. The standard InChI is InChI=1S/C15H15N3O2/c1-9(11-4-3-7-18-14(11)16)10-5-6-13(20-2)12(8-10)15(17)19/h3-8H,1H2,2H3,(H2,16,18)(H2,17,19). The maximum atomic E-state index is 11.4. The minimum absolute atomic E-state index is 0.300. The number of ether oxygens (including phenoxy) is 1. The zero-order valence-electron chi connectivity index (χ0n) is 11.1. The first-order valence-corrected chi connectivity index (χ1v) is 5.92. The predicted octanol–water partition coefficient (Wildman–Crippen LogP) is 1.83. The number of rotatable bonds is 4. The predicted molar refractivity (Wildman–Crippen MR) is 78.3 cm³/mol. The Labute approximate surface area is 116 Å². The summed E-state index contributed by atoms with van der Waals surface area (Å²) < 4.78 is 5.10. The van der Waals surface area contributed by atoms with Crippen LogP contribution in [-0.2, 0) is 0 Å². The maximum absolute atomic E-state index is 11.4. The number of amides is 1. The van der Waals surface area contributed by atoms with Gasteiger partial charge in [-0.25, -0.2) is 4.98 Å². The summed E-state index contributed by atoms with van der Waals surface area (Å²) in [5.74, 6) is 0.248. The number of nitrogen functional groups attached to an aromatic ring is 1. The van der Waals surface area contributed by atoms with E-state index in [1.165, 1.54) is 7.11 Å². The first-order chi connectivity index (χ1) is 9.54. The summed E-state index contributed by atoms with van der Waals surface area (Å²) in [5, 5.41) is 0. The van der Waals surface area contributed by atoms with E-state index in [1.54, 1.807) is 30.5 Å². The van der Waals surface area contributed by atoms with Crippen molar-refractivity contribution in [1.82, 2.24) is 4.98 Å². The first-order valence-electron chi connectivity index (χ1n) is 5.92. The lowest BCUT2D eigenvalue weighted by Gasteiger charge is -2.11. The van der Waals surface area contributed by atoms with Crippen molar-refractivity contribution in [1.29, 1.82) is 0 Å². The van der Waals surface area contributed by atoms with Crippen LogP contribution in [0.3, 0.4) is 0 Å². The second kappa shape index (κ2) is 5.44. The van der Waals surface area contributed by atoms with Gasteiger partial charge in [0.2, 0.25) is 0 Å². The molecule has 0 aliphatic rings. The van der Waals surface area contributed by atoms with Gasteiger partial charge in [-0.3, -0.25) is 4.79 Å². The Morgan fingerprint density at radius 1 is 1.30 bits per heavy atom. The van der Waals surface area contributed by atoms with Gasteiger partial charge in [0.05, 0.1) is 12.7 Å². The minimum Gasteiger partial charge on any atom is -0.496 e. The molecule has 0 bridgehead atoms. The molecule has 1 amide bonds. The van der Waals surface area contributed by atoms with Crippen LogP contribution in [-0.4, -0.2) is 18.0 Å². The quantitative estimate of drug-likeness (QED) is 0.885. The summed E-state index contributed by atoms with van der Waals surface area (Å²) in [4.78, 5) is 15.5. The third-order valence-electron chi connectivity index (χ3n) is 2.98. The van der Waals surface area contributed by atoms with E-state index in [1.807, 2.05) is 6.07 Å². The van der Waals surface area contributed by atoms with Crippen molar-refractivity contribution in [2.75, 3.05) is 12.8 Å². The highest BCUT2D eigenvalue weighted by Crippen LogP contribution is 2.28. The number of carbonyl (C=O) groups excluding carboxylic acids is 1. The molecule has 0 aliphatic carbocycles. The molecule has 2 rings (SSSR count). The maximum Gasteiger partial charge on any atom is 0.252 e. The van der Waals surface area contributed by atoms with Crippen LogP contribution in [0.15, 0.2) is 43.1 Å². The van der Waals surface area contributed by atoms with E-state index in [2.05, 4.69) is 11.6 Å². The average Bonchev–Trinajstić information content (AvgIpc) is 2.46. The topological polar surface area (TPSA) is 91.2 Å². The molecule has 20 heavy (non-hydrogen) atoms. The zero-order valence-corrected chi connectivity index (χ0v) is 11.1. The van der Waals surface area contributed by atoms with E-state index < -0.39 is 5.91 Å². The highest BCUT2D eigenvalue weighted by Gasteiger charge is 2.13. The van der Waals surface area contributed by atoms with Gasteiger partial charge in [-0.1, -0.05) is 12.6 Å². The van der Waals surface area contributed by atoms with Gasteiger partial charge in [0.1, 0.15) is 11.6 Å². The molecule has 0 fully saturated rings. The molecule has 1 aromatic heterocycles. The van der Waals surface area contributed by atoms with Crippen molar-refractivity contribution < 1.29 is 9.53 Å². The van der Waals surface area contributed by atoms with Crippen LogP contribution >= 0.6 is 0 Å². The Balaban J connectivity index is 2.49. The molecule has 0 atom stereocenters. The lowest BCUT2D eigenvalue weighted by molar-refractivity contribution is 0.0997. The Morgan fingerprint density at radius 2 is 2.05 bits per heavy atom. The molecule has 102 valence electrons. The molecule has 0 unspecified atom stereocenters. The summed E-state index contributed by atoms with van der Waals surface area (Å²) in [6.45, 7) is 4.00. The normalized spacial score (nSPS) is 10.1. The van der Waals surface area contributed by atoms with Gasteiger partial charge in [0.25, 0.3) is 5.91 Å². The molecular formula is C15H15N3O2. The minimum atomic E-state index is -0.560. The molecule has 0 saturated carbocycles. The van der Waals surface area contributed by atoms with Crippen LogP contribution < -0.4 is 16.2 Å². The fourth-order valence-corrected chi connectivity index (χ4v) is 1.92. The van der Waals surface area contributed by atoms with Crippen molar-refractivity contribution in [3.8, 4) is 5.75 Å². The van der Waals surface area contributed by atoms with Crippen LogP contribution in [0.4, 0.5) is 5.82 Å². The number of primary amides is 1. The summed E-state index contributed by atoms with van der Waals surface area (Å²) in [6.07, 6.45) is 1.61. The number of nitrogens with two attached hydrogens (primary N) is 2. The summed E-state index contributed by atoms with van der Waals surface area (Å²) >= 11 is 0. The van der Waals surface area contributed by atoms with Crippen molar-refractivity contribution in [3.05, 3.63) is 59.8 Å². The fraction of sp³-hybridized carbons (Fsp3) is 0.0667. The molecular weight excluding hydrogens is 254 g/mol. The molecule has 0 spiro atoms. The van der Waals surface area contributed by atoms with Gasteiger partial charge >= 0.3 is 0 Å². The van der Waals surface area contributed by atoms with Gasteiger partial charge in [0.15, 0.2) is 0 Å². The fourth-order valence-electron chi connectivity index (χ4n) is 1.92. The van der Waals surface area contributed by atoms with Crippen LogP contribution in [0.1, 0.15) is 21.5 Å². The average molecular weight is 269 g/mol. The molecule has 5 heteroatoms. The van der Waals surface area contributed by atoms with Crippen molar-refractivity contribution >= 4 is 17.3 Å². The molecule has 4 N–H and O–H groups in total. The number of benzene rings is 1. The van der Waals surface area contributed by atoms with Crippen LogP contribution in [0.2, 0.25) is 0 Å². The van der Waals surface area contributed by atoms with E-state index in [9.17, 15) is 4.79 Å². The number of nitrogens with zero attached hydrogens (tertiary/aromatic N) is 1. The Hall–Kier alpha value is -2.82. The monoisotopic (exact) mass is 269 g/mol. The van der Waals surface area contributed by atoms with Crippen molar-refractivity contribution in [2.24, 2.45) is 5.73 Å². The smallest absolute Gasteiger partial charge is 0.252 e. The molecule has 0 radical (unpaired) electrons. The number of hydrogen-bond acceptors (Lipinski definition) is 4. The van der Waals surface area contributed by atoms with Crippen LogP contribution in [0.5, 0.6) is 5.75 Å². The second-order valence-corrected chi connectivity index (χ2v) is 4.19. The first kappa shape index (κ1) is 13.6. The van der Waals surface area contributed by atoms with E-state index in [0.717, 1.165) is 5.56 Å². The van der Waals surface area contributed by atoms with Gasteiger partial charge in [0, 0.05) is 11.8 Å². The number of pyridine rings is 1. The van der Waals surface area contributed by atoms with Gasteiger partial charge in [-0.05, 0) is 35.4 Å². The highest BCUT2D eigenvalue weighted by molar-refractivity contribution is 5.97. The number of carbonyl (C=O) groups is 1. The molecule has 2 aromatic rings. The van der Waals surface area contributed by atoms with E-state index in [4.69, 9.17) is 16.2 Å². The molecule has 0 saturated heterocycles. The van der Waals surface area contributed by atoms with Crippen molar-refractivity contribution in [3.63, 3.8) is 0 Å². The number of anilines is 1. The second-order valence-electron chi connectivity index (χ2n) is 4.19. The van der Waals surface area contributed by atoms with E-state index in [-0.39, 0.29) is 0 Å². The molecule has 5 nitrogen and oxygen atoms in total. The number of aromatic nitrogens is 1. The molecule has 1 aromatic carbocycles. The highest BCUT2D eigenvalue weighted by atomic mass is 16.5. The largest absolute Gasteiger partial charge is 0.496 e. The lowest BCUT2D eigenvalue weighted by Crippen LogP contribution is -2.13. The summed E-state index contributed by atoms with van der Waals surface area (Å²) in [5.41, 5.74) is 13.6. The van der Waals surface area contributed by atoms with Gasteiger partial charge < -0.3 is 16.2 Å². The zero-order chi connectivity index (χ0) is 14.7. The van der Waals surface area contributed by atoms with Gasteiger partial charge in [-0.15, -0.1) is 0 Å². The summed E-state index contributed by atoms with van der Waals surface area (Å²) in [6, 6.07) is 8.69. The molecule has 0 aliphatic heterocycles. The van der Waals surface area contributed by atoms with Crippen LogP contribution in [0.25, 0.3) is 5.57 Å². The Bertz CT molecular complexity index is 681. The van der Waals surface area contributed by atoms with Crippen LogP contribution in [0, 0.1) is 0 Å². The Morgan fingerprint density at radius 3 is 2.65 bits per heavy atom. The lowest BCUT2D eigenvalue weighted by atomic mass is 9.98. The number of hydrogen-bond donors (Lipinski definition) is 2. The van der Waals surface area contributed by atoms with Crippen molar-refractivity contribution in [2.45, 2.75) is 0 Å².